The van der Waals surface area contributed by atoms with E-state index < -0.39 is 29.6 Å². The van der Waals surface area contributed by atoms with E-state index in [1.54, 1.807) is 12.3 Å². The van der Waals surface area contributed by atoms with Crippen LogP contribution in [0, 0.1) is 6.92 Å². The van der Waals surface area contributed by atoms with E-state index in [-0.39, 0.29) is 9.77 Å². The molecule has 1 aromatic heterocycles. The zero-order valence-corrected chi connectivity index (χ0v) is 11.0. The minimum absolute atomic E-state index is 0.0619. The average Bonchev–Trinajstić information content (AvgIpc) is 2.58. The molecule has 4 nitrogen and oxygen atoms in total. The summed E-state index contributed by atoms with van der Waals surface area (Å²) >= 11 is 1.10. The zero-order chi connectivity index (χ0) is 13.2. The van der Waals surface area contributed by atoms with Gasteiger partial charge in [-0.1, -0.05) is 0 Å². The van der Waals surface area contributed by atoms with Gasteiger partial charge in [-0.25, -0.2) is 17.2 Å². The van der Waals surface area contributed by atoms with Crippen LogP contribution in [0.1, 0.15) is 10.4 Å². The van der Waals surface area contributed by atoms with Gasteiger partial charge < -0.3 is 5.11 Å². The third kappa shape index (κ3) is 3.01. The molecule has 0 radical (unpaired) electrons. The van der Waals surface area contributed by atoms with Crippen molar-refractivity contribution in [2.24, 2.45) is 0 Å². The predicted molar refractivity (Wildman–Crippen MR) is 60.8 cm³/mol. The largest absolute Gasteiger partial charge is 0.391 e. The van der Waals surface area contributed by atoms with Gasteiger partial charge in [0.05, 0.1) is 18.0 Å². The summed E-state index contributed by atoms with van der Waals surface area (Å²) < 4.78 is 49.0. The Morgan fingerprint density at radius 2 is 2.12 bits per heavy atom. The third-order valence-corrected chi connectivity index (χ3v) is 5.47. The molecule has 17 heavy (non-hydrogen) atoms. The van der Waals surface area contributed by atoms with Crippen molar-refractivity contribution in [1.82, 2.24) is 4.31 Å². The monoisotopic (exact) mass is 285 g/mol. The van der Waals surface area contributed by atoms with E-state index in [2.05, 4.69) is 0 Å². The topological polar surface area (TPSA) is 57.6 Å². The van der Waals surface area contributed by atoms with E-state index in [0.717, 1.165) is 18.4 Å². The highest BCUT2D eigenvalue weighted by Gasteiger charge is 2.28. The van der Waals surface area contributed by atoms with Crippen molar-refractivity contribution >= 4 is 21.4 Å². The fourth-order valence-corrected chi connectivity index (χ4v) is 4.14. The molecule has 0 aliphatic carbocycles. The number of rotatable bonds is 5. The van der Waals surface area contributed by atoms with Crippen LogP contribution in [0.4, 0.5) is 8.78 Å². The fourth-order valence-electron chi connectivity index (χ4n) is 1.39. The Kier molecular flexibility index (Phi) is 4.59. The van der Waals surface area contributed by atoms with Gasteiger partial charge >= 0.3 is 0 Å². The van der Waals surface area contributed by atoms with Crippen molar-refractivity contribution in [2.75, 3.05) is 13.6 Å². The van der Waals surface area contributed by atoms with Crippen molar-refractivity contribution in [3.63, 3.8) is 0 Å². The van der Waals surface area contributed by atoms with E-state index in [0.29, 0.717) is 9.87 Å². The van der Waals surface area contributed by atoms with Gasteiger partial charge in [-0.2, -0.15) is 4.31 Å². The Morgan fingerprint density at radius 1 is 1.53 bits per heavy atom. The lowest BCUT2D eigenvalue weighted by atomic mass is 10.3. The van der Waals surface area contributed by atoms with Crippen LogP contribution in [-0.2, 0) is 16.6 Å². The first-order valence-electron chi connectivity index (χ1n) is 4.73. The minimum Gasteiger partial charge on any atom is -0.391 e. The second kappa shape index (κ2) is 5.38. The molecular formula is C9H13F2NO3S2. The number of halogens is 2. The van der Waals surface area contributed by atoms with Crippen LogP contribution >= 0.6 is 11.3 Å². The van der Waals surface area contributed by atoms with E-state index in [1.807, 2.05) is 0 Å². The lowest BCUT2D eigenvalue weighted by molar-refractivity contribution is 0.126. The Morgan fingerprint density at radius 3 is 2.59 bits per heavy atom. The van der Waals surface area contributed by atoms with Gasteiger partial charge in [0.2, 0.25) is 10.0 Å². The smallest absolute Gasteiger partial charge is 0.252 e. The Labute approximate surface area is 103 Å². The quantitative estimate of drug-likeness (QED) is 0.890. The highest BCUT2D eigenvalue weighted by atomic mass is 32.2. The molecule has 0 saturated heterocycles. The number of aliphatic hydroxyl groups is 1. The van der Waals surface area contributed by atoms with Gasteiger partial charge in [-0.3, -0.25) is 0 Å². The van der Waals surface area contributed by atoms with Crippen LogP contribution in [-0.4, -0.2) is 37.8 Å². The van der Waals surface area contributed by atoms with Crippen LogP contribution < -0.4 is 0 Å². The van der Waals surface area contributed by atoms with Crippen LogP contribution in [0.3, 0.4) is 0 Å². The molecule has 98 valence electrons. The van der Waals surface area contributed by atoms with Crippen molar-refractivity contribution in [2.45, 2.75) is 24.9 Å². The first-order chi connectivity index (χ1) is 7.80. The maximum Gasteiger partial charge on any atom is 0.252 e. The van der Waals surface area contributed by atoms with Gasteiger partial charge in [-0.05, 0) is 17.9 Å². The zero-order valence-electron chi connectivity index (χ0n) is 9.35. The number of hydrogen-bond acceptors (Lipinski definition) is 4. The third-order valence-electron chi connectivity index (χ3n) is 2.20. The van der Waals surface area contributed by atoms with Crippen LogP contribution in [0.5, 0.6) is 0 Å². The maximum atomic E-state index is 12.2. The summed E-state index contributed by atoms with van der Waals surface area (Å²) in [5.74, 6) is 0. The summed E-state index contributed by atoms with van der Waals surface area (Å²) in [5, 5.41) is 10.6. The number of hydrogen-bond donors (Lipinski definition) is 1. The Balaban J connectivity index is 3.17. The first-order valence-corrected chi connectivity index (χ1v) is 7.05. The van der Waals surface area contributed by atoms with E-state index in [9.17, 15) is 17.2 Å². The molecule has 0 aliphatic rings. The molecule has 0 spiro atoms. The normalized spacial score (nSPS) is 12.6. The highest BCUT2D eigenvalue weighted by Crippen LogP contribution is 2.29. The van der Waals surface area contributed by atoms with E-state index in [4.69, 9.17) is 5.11 Å². The van der Waals surface area contributed by atoms with Crippen molar-refractivity contribution in [1.29, 1.82) is 0 Å². The van der Waals surface area contributed by atoms with Crippen molar-refractivity contribution < 1.29 is 22.3 Å². The number of thiophene rings is 1. The summed E-state index contributed by atoms with van der Waals surface area (Å²) in [5.41, 5.74) is 0.458. The molecule has 8 heteroatoms. The Bertz CT molecular complexity index is 484. The first kappa shape index (κ1) is 14.5. The molecule has 1 heterocycles. The van der Waals surface area contributed by atoms with Gasteiger partial charge in [0.25, 0.3) is 6.43 Å². The van der Waals surface area contributed by atoms with Gasteiger partial charge in [0, 0.05) is 7.05 Å². The molecule has 0 fully saturated rings. The lowest BCUT2D eigenvalue weighted by Gasteiger charge is -2.17. The average molecular weight is 285 g/mol. The second-order valence-electron chi connectivity index (χ2n) is 3.51. The van der Waals surface area contributed by atoms with Crippen molar-refractivity contribution in [3.05, 3.63) is 15.8 Å². The summed E-state index contributed by atoms with van der Waals surface area (Å²) in [6, 6.07) is 0. The molecular weight excluding hydrogens is 272 g/mol. The van der Waals surface area contributed by atoms with Gasteiger partial charge in [-0.15, -0.1) is 11.3 Å². The molecule has 0 aromatic carbocycles. The molecule has 1 rings (SSSR count). The van der Waals surface area contributed by atoms with Crippen LogP contribution in [0.25, 0.3) is 0 Å². The Hall–Kier alpha value is -0.570. The summed E-state index contributed by atoms with van der Waals surface area (Å²) in [6.45, 7) is 0.289. The molecule has 0 amide bonds. The molecule has 0 bridgehead atoms. The van der Waals surface area contributed by atoms with E-state index in [1.165, 1.54) is 0 Å². The molecule has 0 unspecified atom stereocenters. The highest BCUT2D eigenvalue weighted by molar-refractivity contribution is 7.89. The number of sulfonamides is 1. The maximum absolute atomic E-state index is 12.2. The van der Waals surface area contributed by atoms with Crippen molar-refractivity contribution in [3.8, 4) is 0 Å². The molecule has 0 atom stereocenters. The van der Waals surface area contributed by atoms with Gasteiger partial charge in [0.1, 0.15) is 4.90 Å². The standard InChI is InChI=1S/C9H13F2NO3S2/c1-6-5-16-7(4-13)9(6)17(14,15)12(2)3-8(10)11/h5,8,13H,3-4H2,1-2H3. The van der Waals surface area contributed by atoms with Crippen LogP contribution in [0.15, 0.2) is 10.3 Å². The number of alkyl halides is 2. The number of aryl methyl sites for hydroxylation is 1. The summed E-state index contributed by atoms with van der Waals surface area (Å²) in [4.78, 5) is 0.205. The second-order valence-corrected chi connectivity index (χ2v) is 6.45. The molecule has 0 saturated carbocycles. The fraction of sp³-hybridized carbons (Fsp3) is 0.556. The predicted octanol–water partition coefficient (Wildman–Crippen LogP) is 1.43. The molecule has 1 N–H and O–H groups in total. The summed E-state index contributed by atoms with van der Waals surface area (Å²) in [6.07, 6.45) is -2.73. The lowest BCUT2D eigenvalue weighted by Crippen LogP contribution is -2.32. The molecule has 1 aromatic rings. The van der Waals surface area contributed by atoms with Gasteiger partial charge in [0.15, 0.2) is 0 Å². The summed E-state index contributed by atoms with van der Waals surface area (Å²) in [7, 11) is -2.86. The SMILES string of the molecule is Cc1csc(CO)c1S(=O)(=O)N(C)CC(F)F. The van der Waals surface area contributed by atoms with Crippen LogP contribution in [0.2, 0.25) is 0 Å². The molecule has 0 aliphatic heterocycles. The number of nitrogens with zero attached hydrogens (tertiary/aromatic N) is 1. The minimum atomic E-state index is -3.96. The number of aliphatic hydroxyl groups excluding tert-OH is 1. The van der Waals surface area contributed by atoms with E-state index >= 15 is 0 Å².